The van der Waals surface area contributed by atoms with Gasteiger partial charge in [-0.05, 0) is 52.5 Å². The summed E-state index contributed by atoms with van der Waals surface area (Å²) >= 11 is 2.26. The Hall–Kier alpha value is 0.170. The summed E-state index contributed by atoms with van der Waals surface area (Å²) in [5.41, 5.74) is 1.04. The molecule has 1 nitrogen and oxygen atoms in total. The van der Waals surface area contributed by atoms with E-state index in [-0.39, 0.29) is 12.0 Å². The van der Waals surface area contributed by atoms with Crippen LogP contribution in [-0.4, -0.2) is 11.2 Å². The minimum Gasteiger partial charge on any atom is -0.388 e. The van der Waals surface area contributed by atoms with Gasteiger partial charge in [0, 0.05) is 5.92 Å². The SMILES string of the molecule is C/C=C(\C)[C@H](O)[C@H](C)/C=C(/C)I. The van der Waals surface area contributed by atoms with Crippen molar-refractivity contribution >= 4 is 22.6 Å². The smallest absolute Gasteiger partial charge is 0.0807 e. The molecular weight excluding hydrogens is 263 g/mol. The fourth-order valence-electron chi connectivity index (χ4n) is 1.04. The summed E-state index contributed by atoms with van der Waals surface area (Å²) in [5, 5.41) is 9.72. The first-order valence-electron chi connectivity index (χ1n) is 4.13. The van der Waals surface area contributed by atoms with Crippen molar-refractivity contribution < 1.29 is 5.11 Å². The fraction of sp³-hybridized carbons (Fsp3) is 0.600. The monoisotopic (exact) mass is 280 g/mol. The third-order valence-corrected chi connectivity index (χ3v) is 2.27. The van der Waals surface area contributed by atoms with Gasteiger partial charge in [0.15, 0.2) is 0 Å². The molecule has 0 aromatic heterocycles. The average molecular weight is 280 g/mol. The maximum absolute atomic E-state index is 9.72. The van der Waals surface area contributed by atoms with Gasteiger partial charge >= 0.3 is 0 Å². The van der Waals surface area contributed by atoms with E-state index in [0.29, 0.717) is 0 Å². The van der Waals surface area contributed by atoms with Crippen molar-refractivity contribution in [2.75, 3.05) is 0 Å². The van der Waals surface area contributed by atoms with Crippen LogP contribution in [0, 0.1) is 5.92 Å². The molecule has 0 aliphatic carbocycles. The van der Waals surface area contributed by atoms with E-state index >= 15 is 0 Å². The largest absolute Gasteiger partial charge is 0.388 e. The maximum atomic E-state index is 9.72. The van der Waals surface area contributed by atoms with E-state index < -0.39 is 0 Å². The van der Waals surface area contributed by atoms with E-state index in [1.807, 2.05) is 33.8 Å². The standard InChI is InChI=1S/C10H17IO/c1-5-7(2)10(12)8(3)6-9(4)11/h5-6,8,10,12H,1-4H3/b7-5+,9-6-/t8-,10+/m1/s1. The zero-order valence-corrected chi connectivity index (χ0v) is 10.3. The van der Waals surface area contributed by atoms with Gasteiger partial charge < -0.3 is 5.11 Å². The Balaban J connectivity index is 4.29. The Labute approximate surface area is 88.7 Å². The van der Waals surface area contributed by atoms with Crippen molar-refractivity contribution in [1.82, 2.24) is 0 Å². The van der Waals surface area contributed by atoms with Gasteiger partial charge in [0.2, 0.25) is 0 Å². The number of aliphatic hydroxyl groups is 1. The van der Waals surface area contributed by atoms with Gasteiger partial charge in [-0.25, -0.2) is 0 Å². The van der Waals surface area contributed by atoms with Crippen LogP contribution in [0.1, 0.15) is 27.7 Å². The summed E-state index contributed by atoms with van der Waals surface area (Å²) in [7, 11) is 0. The number of aliphatic hydroxyl groups excluding tert-OH is 1. The first-order valence-corrected chi connectivity index (χ1v) is 5.21. The summed E-state index contributed by atoms with van der Waals surface area (Å²) in [5.74, 6) is 0.207. The molecule has 2 heteroatoms. The summed E-state index contributed by atoms with van der Waals surface area (Å²) in [6.45, 7) is 7.97. The molecule has 0 aliphatic rings. The van der Waals surface area contributed by atoms with Crippen LogP contribution in [0.5, 0.6) is 0 Å². The second kappa shape index (κ2) is 5.75. The number of halogens is 1. The fourth-order valence-corrected chi connectivity index (χ4v) is 1.61. The van der Waals surface area contributed by atoms with Gasteiger partial charge in [-0.1, -0.05) is 19.1 Å². The van der Waals surface area contributed by atoms with Crippen LogP contribution in [0.3, 0.4) is 0 Å². The van der Waals surface area contributed by atoms with Crippen LogP contribution in [0.25, 0.3) is 0 Å². The highest BCUT2D eigenvalue weighted by atomic mass is 127. The van der Waals surface area contributed by atoms with Crippen molar-refractivity contribution in [3.8, 4) is 0 Å². The first-order chi connectivity index (χ1) is 5.49. The molecule has 12 heavy (non-hydrogen) atoms. The van der Waals surface area contributed by atoms with Crippen LogP contribution in [0.2, 0.25) is 0 Å². The molecule has 70 valence electrons. The highest BCUT2D eigenvalue weighted by molar-refractivity contribution is 14.1. The van der Waals surface area contributed by atoms with Crippen LogP contribution in [-0.2, 0) is 0 Å². The van der Waals surface area contributed by atoms with Gasteiger partial charge in [-0.15, -0.1) is 0 Å². The predicted molar refractivity (Wildman–Crippen MR) is 62.4 cm³/mol. The van der Waals surface area contributed by atoms with E-state index in [2.05, 4.69) is 28.7 Å². The molecule has 0 saturated heterocycles. The van der Waals surface area contributed by atoms with Gasteiger partial charge in [0.25, 0.3) is 0 Å². The van der Waals surface area contributed by atoms with Crippen molar-refractivity contribution in [3.63, 3.8) is 0 Å². The normalized spacial score (nSPS) is 19.2. The van der Waals surface area contributed by atoms with Gasteiger partial charge in [0.1, 0.15) is 0 Å². The molecule has 0 amide bonds. The lowest BCUT2D eigenvalue weighted by Crippen LogP contribution is -2.16. The van der Waals surface area contributed by atoms with Gasteiger partial charge in [0.05, 0.1) is 6.10 Å². The third kappa shape index (κ3) is 4.26. The minimum atomic E-state index is -0.334. The Morgan fingerprint density at radius 1 is 1.42 bits per heavy atom. The zero-order valence-electron chi connectivity index (χ0n) is 8.13. The molecule has 0 rings (SSSR count). The second-order valence-electron chi connectivity index (χ2n) is 3.09. The molecule has 0 radical (unpaired) electrons. The van der Waals surface area contributed by atoms with Crippen molar-refractivity contribution in [1.29, 1.82) is 0 Å². The molecule has 1 N–H and O–H groups in total. The molecule has 0 saturated carbocycles. The molecule has 0 aromatic carbocycles. The van der Waals surface area contributed by atoms with E-state index in [4.69, 9.17) is 0 Å². The van der Waals surface area contributed by atoms with Gasteiger partial charge in [-0.2, -0.15) is 0 Å². The molecule has 0 heterocycles. The van der Waals surface area contributed by atoms with E-state index in [1.54, 1.807) is 0 Å². The summed E-state index contributed by atoms with van der Waals surface area (Å²) in [6.07, 6.45) is 3.70. The molecule has 0 bridgehead atoms. The lowest BCUT2D eigenvalue weighted by molar-refractivity contribution is 0.173. The molecule has 0 fully saturated rings. The highest BCUT2D eigenvalue weighted by Gasteiger charge is 2.12. The summed E-state index contributed by atoms with van der Waals surface area (Å²) < 4.78 is 1.23. The van der Waals surface area contributed by atoms with E-state index in [1.165, 1.54) is 3.58 Å². The quantitative estimate of drug-likeness (QED) is 0.621. The van der Waals surface area contributed by atoms with Crippen molar-refractivity contribution in [2.24, 2.45) is 5.92 Å². The van der Waals surface area contributed by atoms with Crippen LogP contribution in [0.15, 0.2) is 21.3 Å². The van der Waals surface area contributed by atoms with E-state index in [9.17, 15) is 5.11 Å². The van der Waals surface area contributed by atoms with Crippen LogP contribution >= 0.6 is 22.6 Å². The topological polar surface area (TPSA) is 20.2 Å². The molecule has 0 aromatic rings. The Morgan fingerprint density at radius 2 is 1.92 bits per heavy atom. The predicted octanol–water partition coefficient (Wildman–Crippen LogP) is 3.29. The molecule has 0 spiro atoms. The summed E-state index contributed by atoms with van der Waals surface area (Å²) in [6, 6.07) is 0. The third-order valence-electron chi connectivity index (χ3n) is 1.91. The van der Waals surface area contributed by atoms with Crippen molar-refractivity contribution in [2.45, 2.75) is 33.8 Å². The van der Waals surface area contributed by atoms with Crippen LogP contribution in [0.4, 0.5) is 0 Å². The average Bonchev–Trinajstić information content (AvgIpc) is 2.00. The summed E-state index contributed by atoms with van der Waals surface area (Å²) in [4.78, 5) is 0. The zero-order chi connectivity index (χ0) is 9.72. The Morgan fingerprint density at radius 3 is 2.25 bits per heavy atom. The number of hydrogen-bond donors (Lipinski definition) is 1. The van der Waals surface area contributed by atoms with Crippen molar-refractivity contribution in [3.05, 3.63) is 21.3 Å². The van der Waals surface area contributed by atoms with Gasteiger partial charge in [-0.3, -0.25) is 0 Å². The lowest BCUT2D eigenvalue weighted by atomic mass is 9.98. The first kappa shape index (κ1) is 12.2. The van der Waals surface area contributed by atoms with Crippen LogP contribution < -0.4 is 0 Å². The van der Waals surface area contributed by atoms with E-state index in [0.717, 1.165) is 5.57 Å². The Bertz CT molecular complexity index is 190. The number of hydrogen-bond acceptors (Lipinski definition) is 1. The molecule has 0 unspecified atom stereocenters. The lowest BCUT2D eigenvalue weighted by Gasteiger charge is -2.16. The minimum absolute atomic E-state index is 0.207. The molecular formula is C10H17IO. The highest BCUT2D eigenvalue weighted by Crippen LogP contribution is 2.17. The number of rotatable bonds is 3. The molecule has 2 atom stereocenters. The second-order valence-corrected chi connectivity index (χ2v) is 4.79. The maximum Gasteiger partial charge on any atom is 0.0807 e. The molecule has 0 aliphatic heterocycles. The Kier molecular flexibility index (Phi) is 5.84. The number of allylic oxidation sites excluding steroid dienone is 2.